The fourth-order valence-corrected chi connectivity index (χ4v) is 17.7. The molecule has 0 saturated heterocycles. The van der Waals surface area contributed by atoms with Crippen LogP contribution in [-0.2, 0) is 5.41 Å². The van der Waals surface area contributed by atoms with Gasteiger partial charge in [0.2, 0.25) is 0 Å². The van der Waals surface area contributed by atoms with Crippen molar-refractivity contribution >= 4 is 40.4 Å². The van der Waals surface area contributed by atoms with Gasteiger partial charge >= 0.3 is 0 Å². The molecule has 0 atom stereocenters. The van der Waals surface area contributed by atoms with E-state index in [1.54, 1.807) is 27.1 Å². The van der Waals surface area contributed by atoms with Crippen LogP contribution in [0.2, 0.25) is 13.1 Å². The molecule has 0 amide bonds. The van der Waals surface area contributed by atoms with Crippen molar-refractivity contribution in [2.45, 2.75) is 50.6 Å². The molecule has 4 nitrogen and oxygen atoms in total. The first-order valence-electron chi connectivity index (χ1n) is 24.8. The van der Waals surface area contributed by atoms with Crippen LogP contribution < -0.4 is 10.4 Å². The molecule has 3 heterocycles. The molecule has 6 aliphatic rings. The van der Waals surface area contributed by atoms with Crippen molar-refractivity contribution in [3.05, 3.63) is 187 Å². The van der Waals surface area contributed by atoms with Gasteiger partial charge in [-0.3, -0.25) is 0 Å². The minimum absolute atomic E-state index is 0.0441. The second kappa shape index (κ2) is 14.2. The van der Waals surface area contributed by atoms with Gasteiger partial charge in [0.25, 0.3) is 0 Å². The molecule has 0 unspecified atom stereocenters. The molecule has 5 aliphatic carbocycles. The first-order chi connectivity index (χ1) is 33.4. The summed E-state index contributed by atoms with van der Waals surface area (Å²) in [5, 5.41) is 5.46. The highest BCUT2D eigenvalue weighted by Gasteiger charge is 2.63. The summed E-state index contributed by atoms with van der Waals surface area (Å²) >= 11 is 0. The first-order valence-corrected chi connectivity index (χ1v) is 27.8. The Morgan fingerprint density at radius 3 is 1.79 bits per heavy atom. The molecule has 4 bridgehead atoms. The minimum atomic E-state index is -2.06. The standard InChI is InChI=1S/C63H49N3OSi/c1-68(2)55-22-11-8-19-50(55)58-56(68)36-51(57-49-18-6-9-20-52(49)63(59(57)58)45-30-37-29-38(32-45)33-46(63)31-37)43-15-12-16-44(34-43)62-65-60(40-13-4-3-5-14-40)64-61(66-62)41-25-23-39(24-26-41)42-27-28-48-47-17-7-10-21-53(47)67-54(48)35-42/h3-28,34-38,45-46H,29-33H2,1-2H3. The predicted octanol–water partition coefficient (Wildman–Crippen LogP) is 14.6. The van der Waals surface area contributed by atoms with E-state index < -0.39 is 8.07 Å². The van der Waals surface area contributed by atoms with Crippen molar-refractivity contribution in [1.82, 2.24) is 15.0 Å². The Bertz CT molecular complexity index is 3710. The number of fused-ring (bicyclic) bond motifs is 10. The van der Waals surface area contributed by atoms with E-state index in [9.17, 15) is 0 Å². The molecule has 10 aromatic rings. The summed E-state index contributed by atoms with van der Waals surface area (Å²) in [4.78, 5) is 15.7. The van der Waals surface area contributed by atoms with Crippen molar-refractivity contribution in [1.29, 1.82) is 0 Å². The van der Waals surface area contributed by atoms with Crippen molar-refractivity contribution in [2.75, 3.05) is 0 Å². The highest BCUT2D eigenvalue weighted by atomic mass is 28.3. The van der Waals surface area contributed by atoms with Gasteiger partial charge < -0.3 is 4.42 Å². The number of para-hydroxylation sites is 1. The van der Waals surface area contributed by atoms with Crippen LogP contribution in [0, 0.1) is 23.7 Å². The van der Waals surface area contributed by atoms with Crippen molar-refractivity contribution < 1.29 is 4.42 Å². The van der Waals surface area contributed by atoms with Crippen LogP contribution in [0.1, 0.15) is 43.2 Å². The first kappa shape index (κ1) is 38.8. The normalized spacial score (nSPS) is 22.1. The van der Waals surface area contributed by atoms with Crippen LogP contribution >= 0.6 is 0 Å². The van der Waals surface area contributed by atoms with Gasteiger partial charge in [-0.25, -0.2) is 15.0 Å². The lowest BCUT2D eigenvalue weighted by Crippen LogP contribution is -2.56. The molecule has 4 fully saturated rings. The molecule has 8 aromatic carbocycles. The summed E-state index contributed by atoms with van der Waals surface area (Å²) in [5.41, 5.74) is 18.8. The van der Waals surface area contributed by atoms with Gasteiger partial charge in [0.1, 0.15) is 19.2 Å². The summed E-state index contributed by atoms with van der Waals surface area (Å²) in [7, 11) is -2.06. The SMILES string of the molecule is C[Si]1(C)c2ccccc2-c2c1cc(-c1cccc(-c3nc(-c4ccccc4)nc(-c4ccc(-c5ccc6c(c5)oc5ccccc56)cc4)n3)c1)c1c2C2(c3ccccc3-1)C1CC3CC(C1)CC2C3. The van der Waals surface area contributed by atoms with E-state index in [0.717, 1.165) is 61.6 Å². The summed E-state index contributed by atoms with van der Waals surface area (Å²) in [6.07, 6.45) is 6.91. The monoisotopic (exact) mass is 891 g/mol. The zero-order valence-corrected chi connectivity index (χ0v) is 39.3. The Balaban J connectivity index is 0.893. The zero-order valence-electron chi connectivity index (χ0n) is 38.3. The molecule has 2 aromatic heterocycles. The average molecular weight is 892 g/mol. The predicted molar refractivity (Wildman–Crippen MR) is 280 cm³/mol. The lowest BCUT2D eigenvalue weighted by Gasteiger charge is -2.61. The molecule has 326 valence electrons. The van der Waals surface area contributed by atoms with Gasteiger partial charge in [-0.05, 0) is 146 Å². The van der Waals surface area contributed by atoms with Gasteiger partial charge in [-0.15, -0.1) is 0 Å². The fourth-order valence-electron chi connectivity index (χ4n) is 14.6. The zero-order chi connectivity index (χ0) is 44.9. The van der Waals surface area contributed by atoms with Crippen LogP contribution in [0.5, 0.6) is 0 Å². The van der Waals surface area contributed by atoms with Crippen molar-refractivity contribution in [3.8, 4) is 78.7 Å². The minimum Gasteiger partial charge on any atom is -0.456 e. The van der Waals surface area contributed by atoms with Crippen molar-refractivity contribution in [2.24, 2.45) is 23.7 Å². The maximum Gasteiger partial charge on any atom is 0.164 e. The third-order valence-electron chi connectivity index (χ3n) is 17.3. The number of hydrogen-bond acceptors (Lipinski definition) is 4. The number of benzene rings is 8. The number of furan rings is 1. The number of rotatable bonds is 5. The van der Waals surface area contributed by atoms with E-state index in [-0.39, 0.29) is 5.41 Å². The summed E-state index contributed by atoms with van der Waals surface area (Å²) in [6.45, 7) is 5.19. The molecular weight excluding hydrogens is 843 g/mol. The van der Waals surface area contributed by atoms with Crippen LogP contribution in [0.25, 0.3) is 101 Å². The molecule has 0 N–H and O–H groups in total. The fraction of sp³-hybridized carbons (Fsp3) is 0.190. The molecule has 1 aliphatic heterocycles. The smallest absolute Gasteiger partial charge is 0.164 e. The third kappa shape index (κ3) is 5.39. The topological polar surface area (TPSA) is 51.8 Å². The van der Waals surface area contributed by atoms with Gasteiger partial charge in [0, 0.05) is 32.9 Å². The van der Waals surface area contributed by atoms with Gasteiger partial charge in [0.15, 0.2) is 17.5 Å². The summed E-state index contributed by atoms with van der Waals surface area (Å²) in [5.74, 6) is 5.11. The van der Waals surface area contributed by atoms with Crippen LogP contribution in [0.4, 0.5) is 0 Å². The van der Waals surface area contributed by atoms with E-state index in [1.807, 2.05) is 18.2 Å². The Morgan fingerprint density at radius 1 is 0.426 bits per heavy atom. The third-order valence-corrected chi connectivity index (χ3v) is 20.8. The Hall–Kier alpha value is -7.21. The Morgan fingerprint density at radius 2 is 1.01 bits per heavy atom. The summed E-state index contributed by atoms with van der Waals surface area (Å²) in [6, 6.07) is 64.5. The molecule has 5 heteroatoms. The Labute approximate surface area is 397 Å². The Kier molecular flexibility index (Phi) is 8.09. The van der Waals surface area contributed by atoms with Gasteiger partial charge in [-0.2, -0.15) is 0 Å². The van der Waals surface area contributed by atoms with Gasteiger partial charge in [0.05, 0.1) is 0 Å². The second-order valence-electron chi connectivity index (χ2n) is 21.1. The summed E-state index contributed by atoms with van der Waals surface area (Å²) < 4.78 is 6.26. The van der Waals surface area contributed by atoms with Crippen LogP contribution in [-0.4, -0.2) is 23.0 Å². The highest BCUT2D eigenvalue weighted by Crippen LogP contribution is 2.71. The van der Waals surface area contributed by atoms with E-state index in [2.05, 4.69) is 171 Å². The van der Waals surface area contributed by atoms with E-state index in [4.69, 9.17) is 19.4 Å². The van der Waals surface area contributed by atoms with Crippen LogP contribution in [0.3, 0.4) is 0 Å². The second-order valence-corrected chi connectivity index (χ2v) is 25.5. The molecule has 68 heavy (non-hydrogen) atoms. The number of nitrogens with zero attached hydrogens (tertiary/aromatic N) is 3. The van der Waals surface area contributed by atoms with Crippen LogP contribution in [0.15, 0.2) is 180 Å². The lowest BCUT2D eigenvalue weighted by atomic mass is 9.42. The number of hydrogen-bond donors (Lipinski definition) is 0. The average Bonchev–Trinajstić information content (AvgIpc) is 3.99. The highest BCUT2D eigenvalue weighted by molar-refractivity contribution is 7.04. The van der Waals surface area contributed by atoms with E-state index in [1.165, 1.54) is 59.9 Å². The molecular formula is C63H49N3OSi. The lowest BCUT2D eigenvalue weighted by molar-refractivity contribution is -0.0396. The quantitative estimate of drug-likeness (QED) is 0.162. The molecule has 16 rings (SSSR count). The van der Waals surface area contributed by atoms with E-state index in [0.29, 0.717) is 29.3 Å². The van der Waals surface area contributed by atoms with E-state index >= 15 is 0 Å². The molecule has 0 radical (unpaired) electrons. The molecule has 1 spiro atoms. The van der Waals surface area contributed by atoms with Crippen molar-refractivity contribution in [3.63, 3.8) is 0 Å². The maximum absolute atomic E-state index is 6.26. The maximum atomic E-state index is 6.26. The number of aromatic nitrogens is 3. The largest absolute Gasteiger partial charge is 0.456 e. The van der Waals surface area contributed by atoms with Gasteiger partial charge in [-0.1, -0.05) is 165 Å². The molecule has 4 saturated carbocycles.